The third-order valence-electron chi connectivity index (χ3n) is 2.48. The van der Waals surface area contributed by atoms with Gasteiger partial charge in [-0.1, -0.05) is 11.6 Å². The molecule has 1 N–H and O–H groups in total. The van der Waals surface area contributed by atoms with Crippen LogP contribution in [0.15, 0.2) is 12.1 Å². The summed E-state index contributed by atoms with van der Waals surface area (Å²) in [6.45, 7) is 2.06. The Labute approximate surface area is 121 Å². The van der Waals surface area contributed by atoms with E-state index in [1.54, 1.807) is 0 Å². The maximum Gasteiger partial charge on any atom is 0.294 e. The molecule has 112 valence electrons. The number of halogens is 2. The van der Waals surface area contributed by atoms with E-state index >= 15 is 0 Å². The van der Waals surface area contributed by atoms with Crippen molar-refractivity contribution in [3.8, 4) is 0 Å². The Morgan fingerprint density at radius 3 is 2.75 bits per heavy atom. The number of benzene rings is 1. The summed E-state index contributed by atoms with van der Waals surface area (Å²) < 4.78 is 18.6. The fourth-order valence-corrected chi connectivity index (χ4v) is 1.59. The van der Waals surface area contributed by atoms with Crippen molar-refractivity contribution in [3.05, 3.63) is 33.1 Å². The van der Waals surface area contributed by atoms with E-state index in [9.17, 15) is 14.5 Å². The van der Waals surface area contributed by atoms with Crippen LogP contribution in [-0.2, 0) is 4.74 Å². The van der Waals surface area contributed by atoms with Gasteiger partial charge in [-0.25, -0.2) is 4.39 Å². The van der Waals surface area contributed by atoms with E-state index in [0.717, 1.165) is 18.7 Å². The van der Waals surface area contributed by atoms with Gasteiger partial charge in [0, 0.05) is 25.2 Å². The van der Waals surface area contributed by atoms with Gasteiger partial charge in [-0.3, -0.25) is 10.1 Å². The quantitative estimate of drug-likeness (QED) is 0.454. The van der Waals surface area contributed by atoms with E-state index in [2.05, 4.69) is 5.32 Å². The number of nitrogens with one attached hydrogen (secondary N) is 1. The van der Waals surface area contributed by atoms with Crippen LogP contribution in [0.25, 0.3) is 0 Å². The Hall–Kier alpha value is -1.44. The van der Waals surface area contributed by atoms with Crippen molar-refractivity contribution in [3.63, 3.8) is 0 Å². The molecule has 0 aromatic heterocycles. The Morgan fingerprint density at radius 2 is 2.15 bits per heavy atom. The summed E-state index contributed by atoms with van der Waals surface area (Å²) >= 11 is 5.53. The van der Waals surface area contributed by atoms with Crippen molar-refractivity contribution >= 4 is 23.0 Å². The van der Waals surface area contributed by atoms with Crippen molar-refractivity contribution in [2.24, 2.45) is 0 Å². The van der Waals surface area contributed by atoms with Gasteiger partial charge < -0.3 is 15.0 Å². The first-order valence-corrected chi connectivity index (χ1v) is 6.39. The Balaban J connectivity index is 2.51. The van der Waals surface area contributed by atoms with Crippen LogP contribution in [0.5, 0.6) is 0 Å². The molecule has 0 radical (unpaired) electrons. The van der Waals surface area contributed by atoms with Gasteiger partial charge in [-0.15, -0.1) is 0 Å². The fraction of sp³-hybridized carbons (Fsp3) is 0.500. The van der Waals surface area contributed by atoms with Gasteiger partial charge in [0.15, 0.2) is 0 Å². The number of ether oxygens (including phenoxy) is 1. The SMILES string of the molecule is CN(C)CCOCCNc1cc(F)c(Cl)cc1[N+](=O)[O-]. The third kappa shape index (κ3) is 5.28. The zero-order valence-corrected chi connectivity index (χ0v) is 12.1. The van der Waals surface area contributed by atoms with Gasteiger partial charge in [-0.05, 0) is 14.1 Å². The highest BCUT2D eigenvalue weighted by atomic mass is 35.5. The molecule has 1 aromatic rings. The zero-order valence-electron chi connectivity index (χ0n) is 11.4. The molecule has 0 heterocycles. The third-order valence-corrected chi connectivity index (χ3v) is 2.77. The lowest BCUT2D eigenvalue weighted by Gasteiger charge is -2.11. The Morgan fingerprint density at radius 1 is 1.45 bits per heavy atom. The zero-order chi connectivity index (χ0) is 15.1. The summed E-state index contributed by atoms with van der Waals surface area (Å²) in [7, 11) is 3.86. The van der Waals surface area contributed by atoms with Crippen LogP contribution < -0.4 is 5.32 Å². The van der Waals surface area contributed by atoms with Gasteiger partial charge in [0.2, 0.25) is 0 Å². The van der Waals surface area contributed by atoms with E-state index in [4.69, 9.17) is 16.3 Å². The minimum atomic E-state index is -0.701. The maximum atomic E-state index is 13.3. The first-order chi connectivity index (χ1) is 9.41. The molecule has 20 heavy (non-hydrogen) atoms. The molecule has 0 spiro atoms. The van der Waals surface area contributed by atoms with E-state index in [-0.39, 0.29) is 16.4 Å². The average Bonchev–Trinajstić information content (AvgIpc) is 2.36. The maximum absolute atomic E-state index is 13.3. The van der Waals surface area contributed by atoms with E-state index < -0.39 is 10.7 Å². The molecule has 0 atom stereocenters. The molecule has 0 aliphatic heterocycles. The molecule has 0 bridgehead atoms. The normalized spacial score (nSPS) is 10.8. The molecular weight excluding hydrogens is 289 g/mol. The monoisotopic (exact) mass is 305 g/mol. The van der Waals surface area contributed by atoms with Crippen LogP contribution >= 0.6 is 11.6 Å². The molecule has 0 saturated heterocycles. The Kier molecular flexibility index (Phi) is 6.63. The highest BCUT2D eigenvalue weighted by Crippen LogP contribution is 2.30. The summed E-state index contributed by atoms with van der Waals surface area (Å²) in [6.07, 6.45) is 0. The summed E-state index contributed by atoms with van der Waals surface area (Å²) in [5.41, 5.74) is -0.169. The number of anilines is 1. The van der Waals surface area contributed by atoms with Crippen LogP contribution in [0.2, 0.25) is 5.02 Å². The average molecular weight is 306 g/mol. The standard InChI is InChI=1S/C12H17ClFN3O3/c1-16(2)4-6-20-5-3-15-11-8-10(14)9(13)7-12(11)17(18)19/h7-8,15H,3-6H2,1-2H3. The van der Waals surface area contributed by atoms with Crippen molar-refractivity contribution in [2.45, 2.75) is 0 Å². The smallest absolute Gasteiger partial charge is 0.294 e. The van der Waals surface area contributed by atoms with Gasteiger partial charge in [-0.2, -0.15) is 0 Å². The molecule has 0 saturated carbocycles. The first-order valence-electron chi connectivity index (χ1n) is 6.01. The molecule has 8 heteroatoms. The van der Waals surface area contributed by atoms with Crippen molar-refractivity contribution in [1.29, 1.82) is 0 Å². The highest BCUT2D eigenvalue weighted by Gasteiger charge is 2.17. The molecule has 0 amide bonds. The number of rotatable bonds is 8. The number of hydrogen-bond acceptors (Lipinski definition) is 5. The summed E-state index contributed by atoms with van der Waals surface area (Å²) in [5.74, 6) is -0.701. The largest absolute Gasteiger partial charge is 0.378 e. The van der Waals surface area contributed by atoms with E-state index in [1.165, 1.54) is 0 Å². The molecule has 1 rings (SSSR count). The molecule has 6 nitrogen and oxygen atoms in total. The molecular formula is C12H17ClFN3O3. The topological polar surface area (TPSA) is 67.6 Å². The van der Waals surface area contributed by atoms with Crippen molar-refractivity contribution in [2.75, 3.05) is 45.7 Å². The number of nitro benzene ring substituents is 1. The van der Waals surface area contributed by atoms with Crippen LogP contribution in [0.3, 0.4) is 0 Å². The minimum absolute atomic E-state index is 0.0908. The second-order valence-electron chi connectivity index (χ2n) is 4.38. The highest BCUT2D eigenvalue weighted by molar-refractivity contribution is 6.31. The summed E-state index contributed by atoms with van der Waals surface area (Å²) in [4.78, 5) is 12.2. The lowest BCUT2D eigenvalue weighted by atomic mass is 10.2. The van der Waals surface area contributed by atoms with Gasteiger partial charge in [0.05, 0.1) is 23.2 Å². The number of hydrogen-bond donors (Lipinski definition) is 1. The van der Waals surface area contributed by atoms with E-state index in [0.29, 0.717) is 19.8 Å². The summed E-state index contributed by atoms with van der Waals surface area (Å²) in [6, 6.07) is 2.01. The predicted molar refractivity (Wildman–Crippen MR) is 75.9 cm³/mol. The first kappa shape index (κ1) is 16.6. The van der Waals surface area contributed by atoms with Gasteiger partial charge >= 0.3 is 0 Å². The number of nitrogens with zero attached hydrogens (tertiary/aromatic N) is 2. The van der Waals surface area contributed by atoms with Crippen LogP contribution in [0.1, 0.15) is 0 Å². The lowest BCUT2D eigenvalue weighted by Crippen LogP contribution is -2.20. The number of likely N-dealkylation sites (N-methyl/N-ethyl adjacent to an activating group) is 1. The number of nitro groups is 1. The van der Waals surface area contributed by atoms with Crippen molar-refractivity contribution < 1.29 is 14.1 Å². The van der Waals surface area contributed by atoms with Gasteiger partial charge in [0.1, 0.15) is 11.5 Å². The minimum Gasteiger partial charge on any atom is -0.378 e. The predicted octanol–water partition coefficient (Wildman–Crippen LogP) is 2.38. The molecule has 0 unspecified atom stereocenters. The summed E-state index contributed by atoms with van der Waals surface area (Å²) in [5, 5.41) is 13.3. The lowest BCUT2D eigenvalue weighted by molar-refractivity contribution is -0.384. The second-order valence-corrected chi connectivity index (χ2v) is 4.79. The fourth-order valence-electron chi connectivity index (χ4n) is 1.44. The van der Waals surface area contributed by atoms with Crippen LogP contribution in [0.4, 0.5) is 15.8 Å². The van der Waals surface area contributed by atoms with Crippen molar-refractivity contribution in [1.82, 2.24) is 4.90 Å². The molecule has 0 aliphatic carbocycles. The Bertz CT molecular complexity index is 472. The molecule has 0 aliphatic rings. The molecule has 1 aromatic carbocycles. The van der Waals surface area contributed by atoms with E-state index in [1.807, 2.05) is 19.0 Å². The van der Waals surface area contributed by atoms with Gasteiger partial charge in [0.25, 0.3) is 5.69 Å². The molecule has 0 fully saturated rings. The second kappa shape index (κ2) is 7.98. The van der Waals surface area contributed by atoms with Crippen LogP contribution in [-0.4, -0.2) is 50.2 Å². The van der Waals surface area contributed by atoms with Crippen LogP contribution in [0, 0.1) is 15.9 Å².